The maximum atomic E-state index is 10.9. The number of aliphatic carboxylic acids is 1. The second-order valence-electron chi connectivity index (χ2n) is 2.82. The van der Waals surface area contributed by atoms with E-state index in [0.717, 1.165) is 0 Å². The fraction of sp³-hybridized carbons (Fsp3) is 0.714. The number of likely N-dealkylation sites (N-methyl/N-ethyl adjacent to an activating group) is 1. The first-order valence-electron chi connectivity index (χ1n) is 3.45. The highest BCUT2D eigenvalue weighted by Crippen LogP contribution is 2.15. The van der Waals surface area contributed by atoms with Crippen LogP contribution in [0, 0.1) is 0 Å². The molecule has 0 saturated heterocycles. The highest BCUT2D eigenvalue weighted by Gasteiger charge is 2.37. The van der Waals surface area contributed by atoms with Crippen molar-refractivity contribution in [1.29, 1.82) is 0 Å². The fourth-order valence-electron chi connectivity index (χ4n) is 0.665. The summed E-state index contributed by atoms with van der Waals surface area (Å²) < 4.78 is 0. The Bertz CT molecular complexity index is 207. The van der Waals surface area contributed by atoms with Crippen molar-refractivity contribution in [2.45, 2.75) is 19.4 Å². The first-order chi connectivity index (χ1) is 5.36. The SMILES string of the molecule is CC(=O)N(C)C(C)(CS)C(=O)O. The minimum atomic E-state index is -1.21. The topological polar surface area (TPSA) is 57.6 Å². The Hall–Kier alpha value is -0.710. The Balaban J connectivity index is 4.75. The van der Waals surface area contributed by atoms with Gasteiger partial charge < -0.3 is 10.0 Å². The van der Waals surface area contributed by atoms with Gasteiger partial charge in [-0.3, -0.25) is 4.79 Å². The normalized spacial score (nSPS) is 15.0. The summed E-state index contributed by atoms with van der Waals surface area (Å²) in [6.45, 7) is 2.79. The van der Waals surface area contributed by atoms with E-state index in [0.29, 0.717) is 0 Å². The van der Waals surface area contributed by atoms with Crippen LogP contribution in [0.15, 0.2) is 0 Å². The molecule has 0 aromatic carbocycles. The summed E-state index contributed by atoms with van der Waals surface area (Å²) in [6.07, 6.45) is 0. The summed E-state index contributed by atoms with van der Waals surface area (Å²) in [6, 6.07) is 0. The minimum Gasteiger partial charge on any atom is -0.479 e. The predicted octanol–water partition coefficient (Wildman–Crippen LogP) is 0.238. The molecule has 1 atom stereocenters. The van der Waals surface area contributed by atoms with Crippen molar-refractivity contribution in [3.8, 4) is 0 Å². The number of thiol groups is 1. The van der Waals surface area contributed by atoms with E-state index in [1.54, 1.807) is 0 Å². The molecule has 70 valence electrons. The maximum absolute atomic E-state index is 10.9. The molecule has 0 bridgehead atoms. The average Bonchev–Trinajstić information content (AvgIpc) is 2.01. The third kappa shape index (κ3) is 1.91. The van der Waals surface area contributed by atoms with Crippen LogP contribution in [0.2, 0.25) is 0 Å². The van der Waals surface area contributed by atoms with Gasteiger partial charge in [0.2, 0.25) is 5.91 Å². The van der Waals surface area contributed by atoms with Gasteiger partial charge in [0.15, 0.2) is 0 Å². The van der Waals surface area contributed by atoms with Crippen LogP contribution in [0.5, 0.6) is 0 Å². The Morgan fingerprint density at radius 1 is 1.58 bits per heavy atom. The second kappa shape index (κ2) is 3.80. The highest BCUT2D eigenvalue weighted by molar-refractivity contribution is 7.80. The van der Waals surface area contributed by atoms with Crippen LogP contribution in [0.4, 0.5) is 0 Å². The maximum Gasteiger partial charge on any atom is 0.330 e. The molecule has 0 aliphatic heterocycles. The van der Waals surface area contributed by atoms with E-state index in [1.165, 1.54) is 25.8 Å². The van der Waals surface area contributed by atoms with E-state index in [9.17, 15) is 9.59 Å². The van der Waals surface area contributed by atoms with Crippen molar-refractivity contribution < 1.29 is 14.7 Å². The van der Waals surface area contributed by atoms with Crippen LogP contribution in [-0.2, 0) is 9.59 Å². The van der Waals surface area contributed by atoms with Gasteiger partial charge in [0.05, 0.1) is 0 Å². The zero-order chi connectivity index (χ0) is 9.94. The van der Waals surface area contributed by atoms with Crippen molar-refractivity contribution in [2.75, 3.05) is 12.8 Å². The monoisotopic (exact) mass is 191 g/mol. The second-order valence-corrected chi connectivity index (χ2v) is 3.13. The van der Waals surface area contributed by atoms with Crippen molar-refractivity contribution in [1.82, 2.24) is 4.90 Å². The molecule has 0 aliphatic rings. The first kappa shape index (κ1) is 11.3. The standard InChI is InChI=1S/C7H13NO3S/c1-5(9)8(3)7(2,4-12)6(10)11/h12H,4H2,1-3H3,(H,10,11). The van der Waals surface area contributed by atoms with E-state index in [1.807, 2.05) is 0 Å². The number of hydrogen-bond acceptors (Lipinski definition) is 3. The molecule has 0 aromatic heterocycles. The number of hydrogen-bond donors (Lipinski definition) is 2. The van der Waals surface area contributed by atoms with E-state index < -0.39 is 11.5 Å². The molecule has 1 amide bonds. The van der Waals surface area contributed by atoms with Crippen LogP contribution in [-0.4, -0.2) is 40.2 Å². The molecule has 12 heavy (non-hydrogen) atoms. The fourth-order valence-corrected chi connectivity index (χ4v) is 1.01. The van der Waals surface area contributed by atoms with Crippen LogP contribution in [0.25, 0.3) is 0 Å². The lowest BCUT2D eigenvalue weighted by atomic mass is 10.0. The zero-order valence-electron chi connectivity index (χ0n) is 7.37. The predicted molar refractivity (Wildman–Crippen MR) is 48.3 cm³/mol. The van der Waals surface area contributed by atoms with Gasteiger partial charge in [-0.25, -0.2) is 4.79 Å². The lowest BCUT2D eigenvalue weighted by molar-refractivity contribution is -0.154. The van der Waals surface area contributed by atoms with Gasteiger partial charge in [-0.2, -0.15) is 12.6 Å². The quantitative estimate of drug-likeness (QED) is 0.628. The van der Waals surface area contributed by atoms with Crippen molar-refractivity contribution >= 4 is 24.5 Å². The molecule has 0 heterocycles. The average molecular weight is 191 g/mol. The molecule has 5 heteroatoms. The summed E-state index contributed by atoms with van der Waals surface area (Å²) in [5.74, 6) is -1.23. The van der Waals surface area contributed by atoms with Gasteiger partial charge in [0.1, 0.15) is 5.54 Å². The van der Waals surface area contributed by atoms with Crippen LogP contribution in [0.3, 0.4) is 0 Å². The molecule has 4 nitrogen and oxygen atoms in total. The molecule has 0 rings (SSSR count). The van der Waals surface area contributed by atoms with Crippen LogP contribution >= 0.6 is 12.6 Å². The smallest absolute Gasteiger partial charge is 0.330 e. The molecule has 1 N–H and O–H groups in total. The minimum absolute atomic E-state index is 0.0956. The molecule has 0 spiro atoms. The lowest BCUT2D eigenvalue weighted by Crippen LogP contribution is -2.53. The molecule has 0 aromatic rings. The van der Waals surface area contributed by atoms with Crippen molar-refractivity contribution in [3.05, 3.63) is 0 Å². The molecular formula is C7H13NO3S. The number of carbonyl (C=O) groups excluding carboxylic acids is 1. The molecule has 0 saturated carbocycles. The summed E-state index contributed by atoms with van der Waals surface area (Å²) in [4.78, 5) is 22.8. The number of rotatable bonds is 3. The number of amides is 1. The van der Waals surface area contributed by atoms with Crippen molar-refractivity contribution in [3.63, 3.8) is 0 Å². The summed E-state index contributed by atoms with van der Waals surface area (Å²) >= 11 is 3.90. The van der Waals surface area contributed by atoms with Gasteiger partial charge in [0, 0.05) is 19.7 Å². The van der Waals surface area contributed by atoms with E-state index in [2.05, 4.69) is 12.6 Å². The Morgan fingerprint density at radius 2 is 2.00 bits per heavy atom. The van der Waals surface area contributed by atoms with Crippen molar-refractivity contribution in [2.24, 2.45) is 0 Å². The van der Waals surface area contributed by atoms with E-state index in [4.69, 9.17) is 5.11 Å². The van der Waals surface area contributed by atoms with Gasteiger partial charge in [-0.05, 0) is 6.92 Å². The lowest BCUT2D eigenvalue weighted by Gasteiger charge is -2.32. The Morgan fingerprint density at radius 3 is 2.08 bits per heavy atom. The van der Waals surface area contributed by atoms with E-state index >= 15 is 0 Å². The first-order valence-corrected chi connectivity index (χ1v) is 4.08. The van der Waals surface area contributed by atoms with E-state index in [-0.39, 0.29) is 11.7 Å². The number of carboxylic acids is 1. The summed E-state index contributed by atoms with van der Waals surface area (Å²) in [5, 5.41) is 8.81. The Labute approximate surface area is 77.0 Å². The third-order valence-electron chi connectivity index (χ3n) is 1.98. The van der Waals surface area contributed by atoms with Gasteiger partial charge in [-0.15, -0.1) is 0 Å². The largest absolute Gasteiger partial charge is 0.479 e. The zero-order valence-corrected chi connectivity index (χ0v) is 8.26. The Kier molecular flexibility index (Phi) is 3.57. The van der Waals surface area contributed by atoms with Gasteiger partial charge in [0.25, 0.3) is 0 Å². The number of carbonyl (C=O) groups is 2. The van der Waals surface area contributed by atoms with Gasteiger partial charge in [-0.1, -0.05) is 0 Å². The molecule has 0 fully saturated rings. The summed E-state index contributed by atoms with van der Waals surface area (Å²) in [7, 11) is 1.45. The van der Waals surface area contributed by atoms with Crippen LogP contribution < -0.4 is 0 Å². The molecular weight excluding hydrogens is 178 g/mol. The summed E-state index contributed by atoms with van der Waals surface area (Å²) in [5.41, 5.74) is -1.21. The molecule has 0 aliphatic carbocycles. The van der Waals surface area contributed by atoms with Gasteiger partial charge >= 0.3 is 5.97 Å². The molecule has 0 radical (unpaired) electrons. The highest BCUT2D eigenvalue weighted by atomic mass is 32.1. The van der Waals surface area contributed by atoms with Crippen LogP contribution in [0.1, 0.15) is 13.8 Å². The third-order valence-corrected chi connectivity index (χ3v) is 2.60. The molecule has 1 unspecified atom stereocenters. The number of carboxylic acid groups (broad SMARTS) is 1. The number of nitrogens with zero attached hydrogens (tertiary/aromatic N) is 1.